The third-order valence-electron chi connectivity index (χ3n) is 2.01. The van der Waals surface area contributed by atoms with Crippen LogP contribution in [0.15, 0.2) is 22.6 Å². The molecule has 0 bridgehead atoms. The van der Waals surface area contributed by atoms with Gasteiger partial charge in [-0.15, -0.1) is 0 Å². The first-order valence-corrected chi connectivity index (χ1v) is 6.63. The Bertz CT molecular complexity index is 452. The van der Waals surface area contributed by atoms with Gasteiger partial charge in [0.2, 0.25) is 0 Å². The summed E-state index contributed by atoms with van der Waals surface area (Å²) in [5, 5.41) is 0.512. The van der Waals surface area contributed by atoms with Crippen molar-refractivity contribution in [3.63, 3.8) is 0 Å². The second-order valence-electron chi connectivity index (χ2n) is 4.46. The number of hydrogen-bond donors (Lipinski definition) is 0. The maximum Gasteiger partial charge on any atom is 0.146 e. The average molecular weight is 274 g/mol. The Balaban J connectivity index is 3.00. The van der Waals surface area contributed by atoms with Crippen LogP contribution >= 0.6 is 11.6 Å². The van der Waals surface area contributed by atoms with Gasteiger partial charge < -0.3 is 4.74 Å². The van der Waals surface area contributed by atoms with Crippen LogP contribution in [0, 0.1) is 0 Å². The monoisotopic (exact) mass is 273 g/mol. The molecule has 1 aromatic carbocycles. The number of methoxy groups -OCH3 is 1. The summed E-state index contributed by atoms with van der Waals surface area (Å²) in [6, 6.07) is 5.35. The number of hydrogen-bond acceptors (Lipinski definition) is 2. The van der Waals surface area contributed by atoms with Crippen LogP contribution in [0.1, 0.15) is 26.3 Å². The van der Waals surface area contributed by atoms with Gasteiger partial charge in [-0.25, -0.2) is 4.21 Å². The SMILES string of the molecule is COc1c(Cl)cccc1C=N[S@](=O)C(C)(C)C. The van der Waals surface area contributed by atoms with Gasteiger partial charge in [-0.1, -0.05) is 17.7 Å². The zero-order valence-electron chi connectivity index (χ0n) is 10.4. The lowest BCUT2D eigenvalue weighted by atomic mass is 10.2. The molecule has 0 aliphatic heterocycles. The van der Waals surface area contributed by atoms with Gasteiger partial charge in [-0.3, -0.25) is 0 Å². The standard InChI is InChI=1S/C12H16ClNO2S/c1-12(2,3)17(15)14-8-9-6-5-7-10(13)11(9)16-4/h5-8H,1-4H3/t17-/m1/s1. The molecular formula is C12H16ClNO2S. The Morgan fingerprint density at radius 3 is 2.59 bits per heavy atom. The van der Waals surface area contributed by atoms with Crippen molar-refractivity contribution in [2.24, 2.45) is 4.40 Å². The molecule has 17 heavy (non-hydrogen) atoms. The third-order valence-corrected chi connectivity index (χ3v) is 3.66. The molecule has 3 nitrogen and oxygen atoms in total. The zero-order chi connectivity index (χ0) is 13.1. The molecule has 0 fully saturated rings. The Labute approximate surface area is 109 Å². The fourth-order valence-corrected chi connectivity index (χ4v) is 1.89. The number of rotatable bonds is 3. The second kappa shape index (κ2) is 5.65. The van der Waals surface area contributed by atoms with Gasteiger partial charge in [0.15, 0.2) is 0 Å². The molecule has 0 heterocycles. The highest BCUT2D eigenvalue weighted by Crippen LogP contribution is 2.27. The van der Waals surface area contributed by atoms with E-state index in [1.165, 1.54) is 6.21 Å². The summed E-state index contributed by atoms with van der Waals surface area (Å²) in [6.07, 6.45) is 1.53. The van der Waals surface area contributed by atoms with Crippen LogP contribution in [0.2, 0.25) is 5.02 Å². The summed E-state index contributed by atoms with van der Waals surface area (Å²) >= 11 is 5.97. The van der Waals surface area contributed by atoms with Crippen LogP contribution < -0.4 is 4.74 Å². The average Bonchev–Trinajstić information content (AvgIpc) is 2.24. The van der Waals surface area contributed by atoms with Gasteiger partial charge in [0.25, 0.3) is 0 Å². The highest BCUT2D eigenvalue weighted by Gasteiger charge is 2.18. The zero-order valence-corrected chi connectivity index (χ0v) is 11.9. The van der Waals surface area contributed by atoms with Crippen LogP contribution in [-0.2, 0) is 11.0 Å². The molecule has 0 unspecified atom stereocenters. The normalized spacial score (nSPS) is 13.9. The van der Waals surface area contributed by atoms with E-state index in [-0.39, 0.29) is 4.75 Å². The number of para-hydroxylation sites is 1. The van der Waals surface area contributed by atoms with E-state index in [2.05, 4.69) is 4.40 Å². The molecule has 0 aromatic heterocycles. The predicted octanol–water partition coefficient (Wildman–Crippen LogP) is 3.23. The summed E-state index contributed by atoms with van der Waals surface area (Å²) in [6.45, 7) is 5.61. The maximum absolute atomic E-state index is 11.8. The molecule has 0 saturated carbocycles. The molecule has 1 rings (SSSR count). The highest BCUT2D eigenvalue weighted by molar-refractivity contribution is 7.85. The minimum Gasteiger partial charge on any atom is -0.495 e. The van der Waals surface area contributed by atoms with Crippen LogP contribution in [0.3, 0.4) is 0 Å². The maximum atomic E-state index is 11.8. The third kappa shape index (κ3) is 3.82. The van der Waals surface area contributed by atoms with Crippen LogP contribution in [0.4, 0.5) is 0 Å². The summed E-state index contributed by atoms with van der Waals surface area (Å²) in [5.41, 5.74) is 0.720. The summed E-state index contributed by atoms with van der Waals surface area (Å²) < 4.78 is 20.6. The predicted molar refractivity (Wildman–Crippen MR) is 73.5 cm³/mol. The largest absolute Gasteiger partial charge is 0.495 e. The van der Waals surface area contributed by atoms with Gasteiger partial charge in [0.05, 0.1) is 16.9 Å². The Morgan fingerprint density at radius 2 is 2.06 bits per heavy atom. The molecule has 0 saturated heterocycles. The first kappa shape index (κ1) is 14.2. The van der Waals surface area contributed by atoms with Crippen molar-refractivity contribution < 1.29 is 8.95 Å². The van der Waals surface area contributed by atoms with Crippen molar-refractivity contribution in [3.05, 3.63) is 28.8 Å². The Morgan fingerprint density at radius 1 is 1.41 bits per heavy atom. The molecule has 0 amide bonds. The lowest BCUT2D eigenvalue weighted by molar-refractivity contribution is 0.414. The molecule has 0 radical (unpaired) electrons. The fraction of sp³-hybridized carbons (Fsp3) is 0.417. The lowest BCUT2D eigenvalue weighted by Gasteiger charge is -2.13. The smallest absolute Gasteiger partial charge is 0.146 e. The van der Waals surface area contributed by atoms with Crippen molar-refractivity contribution in [2.75, 3.05) is 7.11 Å². The highest BCUT2D eigenvalue weighted by atomic mass is 35.5. The first-order valence-electron chi connectivity index (χ1n) is 5.15. The van der Waals surface area contributed by atoms with Gasteiger partial charge >= 0.3 is 0 Å². The molecule has 0 spiro atoms. The quantitative estimate of drug-likeness (QED) is 0.793. The van der Waals surface area contributed by atoms with E-state index in [9.17, 15) is 4.21 Å². The topological polar surface area (TPSA) is 38.7 Å². The van der Waals surface area contributed by atoms with Gasteiger partial charge in [-0.05, 0) is 32.9 Å². The van der Waals surface area contributed by atoms with Crippen LogP contribution in [0.25, 0.3) is 0 Å². The molecule has 94 valence electrons. The van der Waals surface area contributed by atoms with Crippen LogP contribution in [0.5, 0.6) is 5.75 Å². The molecule has 0 N–H and O–H groups in total. The number of halogens is 1. The molecule has 5 heteroatoms. The molecule has 0 aliphatic carbocycles. The van der Waals surface area contributed by atoms with E-state index < -0.39 is 11.0 Å². The Kier molecular flexibility index (Phi) is 4.71. The number of ether oxygens (including phenoxy) is 1. The molecule has 1 atom stereocenters. The van der Waals surface area contributed by atoms with Gasteiger partial charge in [-0.2, -0.15) is 4.40 Å². The minimum atomic E-state index is -1.28. The summed E-state index contributed by atoms with van der Waals surface area (Å²) in [5.74, 6) is 0.545. The van der Waals surface area contributed by atoms with Gasteiger partial charge in [0.1, 0.15) is 16.7 Å². The van der Waals surface area contributed by atoms with E-state index >= 15 is 0 Å². The number of nitrogens with zero attached hydrogens (tertiary/aromatic N) is 1. The first-order chi connectivity index (χ1) is 7.86. The summed E-state index contributed by atoms with van der Waals surface area (Å²) in [7, 11) is 0.257. The fourth-order valence-electron chi connectivity index (χ4n) is 1.11. The lowest BCUT2D eigenvalue weighted by Crippen LogP contribution is -2.19. The number of benzene rings is 1. The van der Waals surface area contributed by atoms with E-state index in [1.807, 2.05) is 26.8 Å². The summed E-state index contributed by atoms with van der Waals surface area (Å²) in [4.78, 5) is 0. The molecule has 0 aliphatic rings. The van der Waals surface area contributed by atoms with Gasteiger partial charge in [0, 0.05) is 11.8 Å². The van der Waals surface area contributed by atoms with E-state index in [0.717, 1.165) is 5.56 Å². The van der Waals surface area contributed by atoms with Crippen molar-refractivity contribution in [1.82, 2.24) is 0 Å². The van der Waals surface area contributed by atoms with Crippen molar-refractivity contribution >= 4 is 28.8 Å². The second-order valence-corrected chi connectivity index (χ2v) is 6.80. The van der Waals surface area contributed by atoms with E-state index in [4.69, 9.17) is 16.3 Å². The van der Waals surface area contributed by atoms with Crippen molar-refractivity contribution in [1.29, 1.82) is 0 Å². The van der Waals surface area contributed by atoms with E-state index in [0.29, 0.717) is 10.8 Å². The van der Waals surface area contributed by atoms with E-state index in [1.54, 1.807) is 19.2 Å². The van der Waals surface area contributed by atoms with Crippen molar-refractivity contribution in [2.45, 2.75) is 25.5 Å². The Hall–Kier alpha value is -0.870. The molecule has 1 aromatic rings. The molecular weight excluding hydrogens is 258 g/mol. The minimum absolute atomic E-state index is 0.373. The van der Waals surface area contributed by atoms with Crippen LogP contribution in [-0.4, -0.2) is 22.3 Å². The van der Waals surface area contributed by atoms with Crippen molar-refractivity contribution in [3.8, 4) is 5.75 Å².